The molecule has 0 bridgehead atoms. The molecule has 4 aromatic rings. The van der Waals surface area contributed by atoms with Crippen molar-refractivity contribution in [1.82, 2.24) is 25.1 Å². The van der Waals surface area contributed by atoms with Crippen LogP contribution in [0.4, 0.5) is 20.3 Å². The number of likely N-dealkylation sites (tertiary alicyclic amines) is 1. The molecule has 6 rings (SSSR count). The van der Waals surface area contributed by atoms with Gasteiger partial charge >= 0.3 is 0 Å². The molecule has 0 atom stereocenters. The number of amides is 1. The monoisotopic (exact) mass is 517 g/mol. The lowest BCUT2D eigenvalue weighted by molar-refractivity contribution is 0.0256. The Bertz CT molecular complexity index is 1460. The van der Waals surface area contributed by atoms with E-state index in [0.29, 0.717) is 16.9 Å². The van der Waals surface area contributed by atoms with Gasteiger partial charge in [0.15, 0.2) is 5.69 Å². The van der Waals surface area contributed by atoms with Gasteiger partial charge in [0.05, 0.1) is 12.1 Å². The fourth-order valence-electron chi connectivity index (χ4n) is 5.27. The van der Waals surface area contributed by atoms with Crippen LogP contribution in [-0.4, -0.2) is 63.1 Å². The number of hydrogen-bond donors (Lipinski definition) is 2. The summed E-state index contributed by atoms with van der Waals surface area (Å²) in [6.07, 6.45) is 8.83. The highest BCUT2D eigenvalue weighted by molar-refractivity contribution is 6.11. The molecule has 1 aromatic carbocycles. The number of alkyl halides is 2. The Kier molecular flexibility index (Phi) is 6.49. The first-order valence-electron chi connectivity index (χ1n) is 13.0. The van der Waals surface area contributed by atoms with E-state index in [1.54, 1.807) is 12.1 Å². The molecular formula is C28H29F2N7O. The Balaban J connectivity index is 1.21. The minimum absolute atomic E-state index is 0.205. The molecule has 8 nitrogen and oxygen atoms in total. The van der Waals surface area contributed by atoms with E-state index in [1.807, 2.05) is 30.6 Å². The molecule has 38 heavy (non-hydrogen) atoms. The predicted octanol–water partition coefficient (Wildman–Crippen LogP) is 5.10. The average molecular weight is 518 g/mol. The van der Waals surface area contributed by atoms with Crippen molar-refractivity contribution in [3.63, 3.8) is 0 Å². The second-order valence-corrected chi connectivity index (χ2v) is 10.1. The minimum atomic E-state index is -2.73. The summed E-state index contributed by atoms with van der Waals surface area (Å²) in [5, 5.41) is 10.7. The third-order valence-corrected chi connectivity index (χ3v) is 7.26. The van der Waals surface area contributed by atoms with E-state index in [-0.39, 0.29) is 25.2 Å². The molecule has 196 valence electrons. The molecular weight excluding hydrogens is 488 g/mol. The Morgan fingerprint density at radius 3 is 2.71 bits per heavy atom. The van der Waals surface area contributed by atoms with Crippen LogP contribution in [0.1, 0.15) is 41.7 Å². The Morgan fingerprint density at radius 1 is 1.03 bits per heavy atom. The maximum absolute atomic E-state index is 13.7. The molecule has 0 saturated carbocycles. The molecule has 10 heteroatoms. The number of fused-ring (bicyclic) bond motifs is 1. The number of hydrogen-bond acceptors (Lipinski definition) is 6. The molecule has 0 aliphatic carbocycles. The van der Waals surface area contributed by atoms with Crippen LogP contribution in [0.15, 0.2) is 55.0 Å². The lowest BCUT2D eigenvalue weighted by Crippen LogP contribution is -2.29. The summed E-state index contributed by atoms with van der Waals surface area (Å²) < 4.78 is 27.3. The number of piperidine rings is 1. The van der Waals surface area contributed by atoms with Crippen LogP contribution in [0, 0.1) is 0 Å². The van der Waals surface area contributed by atoms with Crippen molar-refractivity contribution >= 4 is 28.3 Å². The highest BCUT2D eigenvalue weighted by Gasteiger charge is 2.38. The number of carbonyl (C=O) groups excluding carboxylic acids is 1. The third-order valence-electron chi connectivity index (χ3n) is 7.26. The number of nitrogens with zero attached hydrogens (tertiary/aromatic N) is 5. The normalized spacial score (nSPS) is 17.7. The smallest absolute Gasteiger partial charge is 0.276 e. The van der Waals surface area contributed by atoms with E-state index in [2.05, 4.69) is 36.4 Å². The first-order chi connectivity index (χ1) is 18.4. The zero-order valence-electron chi connectivity index (χ0n) is 21.0. The molecule has 1 amide bonds. The molecule has 2 aliphatic heterocycles. The van der Waals surface area contributed by atoms with E-state index in [9.17, 15) is 13.6 Å². The van der Waals surface area contributed by atoms with Crippen LogP contribution >= 0.6 is 0 Å². The predicted molar refractivity (Wildman–Crippen MR) is 142 cm³/mol. The van der Waals surface area contributed by atoms with Gasteiger partial charge in [-0.1, -0.05) is 12.5 Å². The van der Waals surface area contributed by atoms with E-state index in [0.717, 1.165) is 36.3 Å². The zero-order valence-corrected chi connectivity index (χ0v) is 21.0. The van der Waals surface area contributed by atoms with Gasteiger partial charge in [0, 0.05) is 60.8 Å². The number of aromatic amines is 1. The first-order valence-corrected chi connectivity index (χ1v) is 13.0. The quantitative estimate of drug-likeness (QED) is 0.370. The van der Waals surface area contributed by atoms with Crippen molar-refractivity contribution in [2.24, 2.45) is 0 Å². The van der Waals surface area contributed by atoms with Gasteiger partial charge in [0.25, 0.3) is 11.8 Å². The maximum Gasteiger partial charge on any atom is 0.276 e. The Hall–Kier alpha value is -3.92. The van der Waals surface area contributed by atoms with E-state index in [1.165, 1.54) is 35.9 Å². The number of rotatable bonds is 6. The van der Waals surface area contributed by atoms with Gasteiger partial charge in [0.1, 0.15) is 5.82 Å². The fraction of sp³-hybridized carbons (Fsp3) is 0.357. The lowest BCUT2D eigenvalue weighted by atomic mass is 10.0. The standard InChI is InChI=1S/C28H29F2N7O/c29-28(30)7-11-37(18-28)25-14-22(6-8-32-25)33-27(38)26-23-13-20(4-5-24(23)34-35-26)21-12-19(15-31-16-21)17-36-9-2-1-3-10-36/h4-6,8,12-16H,1-3,7,9-11,17-18H2,(H,34,35)(H,32,33,38). The van der Waals surface area contributed by atoms with Crippen molar-refractivity contribution in [2.45, 2.75) is 38.2 Å². The van der Waals surface area contributed by atoms with Crippen LogP contribution in [0.25, 0.3) is 22.0 Å². The van der Waals surface area contributed by atoms with Crippen molar-refractivity contribution in [1.29, 1.82) is 0 Å². The van der Waals surface area contributed by atoms with Gasteiger partial charge < -0.3 is 10.2 Å². The summed E-state index contributed by atoms with van der Waals surface area (Å²) in [4.78, 5) is 25.9. The average Bonchev–Trinajstić information content (AvgIpc) is 3.52. The van der Waals surface area contributed by atoms with Gasteiger partial charge in [-0.15, -0.1) is 0 Å². The van der Waals surface area contributed by atoms with Crippen LogP contribution < -0.4 is 10.2 Å². The number of pyridine rings is 2. The van der Waals surface area contributed by atoms with Gasteiger partial charge in [-0.2, -0.15) is 5.10 Å². The van der Waals surface area contributed by atoms with E-state index in [4.69, 9.17) is 0 Å². The maximum atomic E-state index is 13.7. The zero-order chi connectivity index (χ0) is 26.1. The molecule has 3 aromatic heterocycles. The van der Waals surface area contributed by atoms with Crippen LogP contribution in [0.5, 0.6) is 0 Å². The topological polar surface area (TPSA) is 90.0 Å². The van der Waals surface area contributed by atoms with Gasteiger partial charge in [-0.3, -0.25) is 19.8 Å². The van der Waals surface area contributed by atoms with Gasteiger partial charge in [-0.25, -0.2) is 13.8 Å². The largest absolute Gasteiger partial charge is 0.350 e. The molecule has 0 unspecified atom stereocenters. The number of nitrogens with one attached hydrogen (secondary N) is 2. The van der Waals surface area contributed by atoms with Gasteiger partial charge in [0.2, 0.25) is 0 Å². The lowest BCUT2D eigenvalue weighted by Gasteiger charge is -2.26. The summed E-state index contributed by atoms with van der Waals surface area (Å²) in [6, 6.07) is 11.2. The van der Waals surface area contributed by atoms with E-state index < -0.39 is 11.8 Å². The Morgan fingerprint density at radius 2 is 1.89 bits per heavy atom. The second kappa shape index (κ2) is 10.1. The van der Waals surface area contributed by atoms with Crippen molar-refractivity contribution in [2.75, 3.05) is 36.4 Å². The number of anilines is 2. The number of H-pyrrole nitrogens is 1. The first kappa shape index (κ1) is 24.4. The molecule has 2 aliphatic rings. The number of halogens is 2. The van der Waals surface area contributed by atoms with Crippen LogP contribution in [-0.2, 0) is 6.54 Å². The Labute approximate surface area is 219 Å². The molecule has 2 fully saturated rings. The highest BCUT2D eigenvalue weighted by atomic mass is 19.3. The number of benzene rings is 1. The SMILES string of the molecule is O=C(Nc1ccnc(N2CCC(F)(F)C2)c1)c1n[nH]c2ccc(-c3cncc(CN4CCCCC4)c3)cc12. The van der Waals surface area contributed by atoms with Crippen molar-refractivity contribution < 1.29 is 13.6 Å². The van der Waals surface area contributed by atoms with Gasteiger partial charge in [-0.05, 0) is 61.3 Å². The van der Waals surface area contributed by atoms with Crippen molar-refractivity contribution in [3.05, 3.63) is 66.2 Å². The summed E-state index contributed by atoms with van der Waals surface area (Å²) in [5.41, 5.74) is 4.56. The summed E-state index contributed by atoms with van der Waals surface area (Å²) in [6.45, 7) is 2.96. The molecule has 0 spiro atoms. The summed E-state index contributed by atoms with van der Waals surface area (Å²) >= 11 is 0. The van der Waals surface area contributed by atoms with E-state index >= 15 is 0 Å². The minimum Gasteiger partial charge on any atom is -0.350 e. The van der Waals surface area contributed by atoms with Crippen LogP contribution in [0.2, 0.25) is 0 Å². The molecule has 2 saturated heterocycles. The fourth-order valence-corrected chi connectivity index (χ4v) is 5.27. The summed E-state index contributed by atoms with van der Waals surface area (Å²) in [7, 11) is 0. The number of aromatic nitrogens is 4. The second-order valence-electron chi connectivity index (χ2n) is 10.1. The van der Waals surface area contributed by atoms with Crippen LogP contribution in [0.3, 0.4) is 0 Å². The number of carbonyl (C=O) groups is 1. The van der Waals surface area contributed by atoms with Crippen molar-refractivity contribution in [3.8, 4) is 11.1 Å². The third kappa shape index (κ3) is 5.22. The highest BCUT2D eigenvalue weighted by Crippen LogP contribution is 2.31. The molecule has 0 radical (unpaired) electrons. The molecule has 5 heterocycles. The summed E-state index contributed by atoms with van der Waals surface area (Å²) in [5.74, 6) is -2.71. The molecule has 2 N–H and O–H groups in total.